The van der Waals surface area contributed by atoms with Crippen molar-refractivity contribution in [1.82, 2.24) is 0 Å². The van der Waals surface area contributed by atoms with Crippen LogP contribution in [0.25, 0.3) is 0 Å². The van der Waals surface area contributed by atoms with Gasteiger partial charge in [-0.25, -0.2) is 0 Å². The van der Waals surface area contributed by atoms with E-state index in [4.69, 9.17) is 10.2 Å². The minimum Gasteiger partial charge on any atom is -0.396 e. The molecule has 0 saturated carbocycles. The van der Waals surface area contributed by atoms with E-state index in [-0.39, 0.29) is 21.7 Å². The molecule has 0 bridgehead atoms. The Bertz CT molecular complexity index is 48.1. The Kier molecular flexibility index (Phi) is 21.2. The van der Waals surface area contributed by atoms with E-state index in [1.165, 1.54) is 0 Å². The van der Waals surface area contributed by atoms with Crippen LogP contribution in [0.3, 0.4) is 0 Å². The third-order valence-corrected chi connectivity index (χ3v) is 0.730. The first-order chi connectivity index (χ1) is 4.54. The molecule has 2 nitrogen and oxygen atoms in total. The first-order valence-electron chi connectivity index (χ1n) is 3.76. The van der Waals surface area contributed by atoms with Gasteiger partial charge in [-0.1, -0.05) is 27.7 Å². The van der Waals surface area contributed by atoms with Gasteiger partial charge in [-0.3, -0.25) is 0 Å². The maximum atomic E-state index is 8.14. The molecule has 0 fully saturated rings. The Labute approximate surface area is 84.9 Å². The molecule has 0 saturated heterocycles. The van der Waals surface area contributed by atoms with Crippen LogP contribution < -0.4 is 0 Å². The minimum absolute atomic E-state index is 0. The van der Waals surface area contributed by atoms with E-state index < -0.39 is 0 Å². The molecule has 0 aromatic rings. The second-order valence-electron chi connectivity index (χ2n) is 3.15. The van der Waals surface area contributed by atoms with Crippen LogP contribution in [-0.4, -0.2) is 23.4 Å². The van der Waals surface area contributed by atoms with Crippen molar-refractivity contribution in [3.05, 3.63) is 0 Å². The van der Waals surface area contributed by atoms with Crippen LogP contribution in [0.15, 0.2) is 0 Å². The Hall–Kier alpha value is 0.634. The van der Waals surface area contributed by atoms with Gasteiger partial charge >= 0.3 is 21.7 Å². The average Bonchev–Trinajstić information content (AvgIpc) is 1.89. The second kappa shape index (κ2) is 13.2. The fourth-order valence-corrected chi connectivity index (χ4v) is 0. The van der Waals surface area contributed by atoms with Crippen LogP contribution >= 0.6 is 0 Å². The molecule has 0 radical (unpaired) electrons. The van der Waals surface area contributed by atoms with E-state index in [2.05, 4.69) is 0 Å². The Balaban J connectivity index is -0.000000107. The Morgan fingerprint density at radius 1 is 0.818 bits per heavy atom. The minimum atomic E-state index is 0. The molecule has 0 aliphatic heterocycles. The fourth-order valence-electron chi connectivity index (χ4n) is 0. The fraction of sp³-hybridized carbons (Fsp3) is 1.00. The van der Waals surface area contributed by atoms with Crippen molar-refractivity contribution in [1.29, 1.82) is 0 Å². The largest absolute Gasteiger partial charge is 2.00 e. The van der Waals surface area contributed by atoms with Gasteiger partial charge in [0.15, 0.2) is 0 Å². The van der Waals surface area contributed by atoms with E-state index in [0.717, 1.165) is 0 Å². The summed E-state index contributed by atoms with van der Waals surface area (Å²) in [5.74, 6) is 0.880. The van der Waals surface area contributed by atoms with Gasteiger partial charge in [0.25, 0.3) is 0 Å². The molecule has 66 valence electrons. The summed E-state index contributed by atoms with van der Waals surface area (Å²) in [4.78, 5) is 0. The molecule has 0 atom stereocenters. The van der Waals surface area contributed by atoms with E-state index in [9.17, 15) is 0 Å². The zero-order valence-electron chi connectivity index (χ0n) is 7.96. The summed E-state index contributed by atoms with van der Waals surface area (Å²) in [6.45, 7) is 8.50. The van der Waals surface area contributed by atoms with Crippen molar-refractivity contribution in [3.63, 3.8) is 0 Å². The zero-order valence-corrected chi connectivity index (χ0v) is 9.52. The third kappa shape index (κ3) is 36.9. The van der Waals surface area contributed by atoms with Gasteiger partial charge in [-0.2, -0.15) is 0 Å². The zero-order chi connectivity index (χ0) is 8.57. The summed E-state index contributed by atoms with van der Waals surface area (Å²) in [5, 5.41) is 16.3. The van der Waals surface area contributed by atoms with Crippen LogP contribution in [-0.2, 0) is 21.7 Å². The molecule has 0 spiro atoms. The van der Waals surface area contributed by atoms with Gasteiger partial charge in [-0.05, 0) is 11.8 Å². The van der Waals surface area contributed by atoms with Crippen molar-refractivity contribution in [2.45, 2.75) is 27.7 Å². The van der Waals surface area contributed by atoms with Crippen LogP contribution in [0.2, 0.25) is 0 Å². The van der Waals surface area contributed by atoms with Crippen molar-refractivity contribution in [2.75, 3.05) is 13.2 Å². The van der Waals surface area contributed by atoms with Gasteiger partial charge < -0.3 is 10.2 Å². The first kappa shape index (κ1) is 17.6. The number of hydrogen-bond acceptors (Lipinski definition) is 2. The maximum absolute atomic E-state index is 8.14. The third-order valence-electron chi connectivity index (χ3n) is 0.730. The number of aliphatic hydroxyl groups is 2. The monoisotopic (exact) mass is 196 g/mol. The van der Waals surface area contributed by atoms with Crippen molar-refractivity contribution < 1.29 is 31.9 Å². The molecule has 0 heterocycles. The van der Waals surface area contributed by atoms with Crippen LogP contribution in [0.5, 0.6) is 0 Å². The second-order valence-corrected chi connectivity index (χ2v) is 3.15. The van der Waals surface area contributed by atoms with E-state index in [1.807, 2.05) is 27.7 Å². The molecule has 0 aliphatic rings. The molecule has 0 rings (SSSR count). The normalized spacial score (nSPS) is 8.73. The molecule has 0 aromatic carbocycles. The predicted octanol–water partition coefficient (Wildman–Crippen LogP) is 1.27. The molecule has 0 aromatic heterocycles. The van der Waals surface area contributed by atoms with Crippen molar-refractivity contribution in [2.24, 2.45) is 11.8 Å². The number of aliphatic hydroxyl groups excluding tert-OH is 2. The molecule has 2 N–H and O–H groups in total. The molecule has 0 aliphatic carbocycles. The van der Waals surface area contributed by atoms with E-state index in [0.29, 0.717) is 25.0 Å². The molecular formula is C8H20O2Ti+2. The van der Waals surface area contributed by atoms with Crippen LogP contribution in [0.4, 0.5) is 0 Å². The summed E-state index contributed by atoms with van der Waals surface area (Å²) in [7, 11) is 0. The first-order valence-corrected chi connectivity index (χ1v) is 3.76. The maximum Gasteiger partial charge on any atom is 2.00 e. The van der Waals surface area contributed by atoms with Gasteiger partial charge in [0.05, 0.1) is 0 Å². The topological polar surface area (TPSA) is 40.5 Å². The van der Waals surface area contributed by atoms with E-state index in [1.54, 1.807) is 0 Å². The van der Waals surface area contributed by atoms with Crippen LogP contribution in [0, 0.1) is 11.8 Å². The number of rotatable bonds is 2. The molecule has 0 unspecified atom stereocenters. The number of hydrogen-bond donors (Lipinski definition) is 2. The van der Waals surface area contributed by atoms with Gasteiger partial charge in [0, 0.05) is 13.2 Å². The Morgan fingerprint density at radius 3 is 0.909 bits per heavy atom. The Morgan fingerprint density at radius 2 is 0.909 bits per heavy atom. The smallest absolute Gasteiger partial charge is 0.396 e. The summed E-state index contributed by atoms with van der Waals surface area (Å²) in [6.07, 6.45) is 0. The summed E-state index contributed by atoms with van der Waals surface area (Å²) >= 11 is 0. The molecule has 0 amide bonds. The van der Waals surface area contributed by atoms with Gasteiger partial charge in [0.2, 0.25) is 0 Å². The molecular weight excluding hydrogens is 176 g/mol. The predicted molar refractivity (Wildman–Crippen MR) is 43.8 cm³/mol. The average molecular weight is 196 g/mol. The van der Waals surface area contributed by atoms with Crippen molar-refractivity contribution >= 4 is 0 Å². The summed E-state index contributed by atoms with van der Waals surface area (Å²) < 4.78 is 0. The quantitative estimate of drug-likeness (QED) is 0.653. The van der Waals surface area contributed by atoms with Gasteiger partial charge in [0.1, 0.15) is 0 Å². The molecule has 3 heteroatoms. The molecule has 11 heavy (non-hydrogen) atoms. The standard InChI is InChI=1S/2C4H10O.Ti/c2*1-4(2)3-5;/h2*4-5H,3H2,1-2H3;/q;;+2. The van der Waals surface area contributed by atoms with Crippen LogP contribution in [0.1, 0.15) is 27.7 Å². The summed E-state index contributed by atoms with van der Waals surface area (Å²) in [6, 6.07) is 0. The summed E-state index contributed by atoms with van der Waals surface area (Å²) in [5.41, 5.74) is 0. The van der Waals surface area contributed by atoms with Crippen molar-refractivity contribution in [3.8, 4) is 0 Å². The van der Waals surface area contributed by atoms with Gasteiger partial charge in [-0.15, -0.1) is 0 Å². The SMILES string of the molecule is CC(C)CO.CC(C)CO.[Ti+2]. The van der Waals surface area contributed by atoms with E-state index >= 15 is 0 Å².